The van der Waals surface area contributed by atoms with Gasteiger partial charge in [0.2, 0.25) is 0 Å². The third kappa shape index (κ3) is 1.25. The standard InChI is InChI=1S/C13H10O4/c1-2-11-10(4-6-14-11)12-9(1)3-5-13(17-12)15-7-8-16-13/h1-6H,7-8H2. The molecule has 4 heteroatoms. The van der Waals surface area contributed by atoms with Crippen molar-refractivity contribution in [1.29, 1.82) is 0 Å². The Kier molecular flexibility index (Phi) is 1.70. The van der Waals surface area contributed by atoms with Crippen LogP contribution in [0.3, 0.4) is 0 Å². The summed E-state index contributed by atoms with van der Waals surface area (Å²) in [6.45, 7) is 1.09. The lowest BCUT2D eigenvalue weighted by molar-refractivity contribution is -0.248. The van der Waals surface area contributed by atoms with Crippen molar-refractivity contribution in [1.82, 2.24) is 0 Å². The molecule has 0 atom stereocenters. The Bertz CT molecular complexity index is 605. The highest BCUT2D eigenvalue weighted by atomic mass is 16.9. The first-order valence-electron chi connectivity index (χ1n) is 5.53. The number of rotatable bonds is 0. The Hall–Kier alpha value is -1.78. The van der Waals surface area contributed by atoms with E-state index < -0.39 is 5.97 Å². The molecule has 1 saturated heterocycles. The van der Waals surface area contributed by atoms with Crippen LogP contribution in [0, 0.1) is 0 Å². The van der Waals surface area contributed by atoms with Gasteiger partial charge in [0.15, 0.2) is 0 Å². The summed E-state index contributed by atoms with van der Waals surface area (Å²) in [5.74, 6) is -0.292. The van der Waals surface area contributed by atoms with Gasteiger partial charge in [-0.05, 0) is 24.3 Å². The van der Waals surface area contributed by atoms with Crippen molar-refractivity contribution in [3.05, 3.63) is 36.1 Å². The molecule has 3 heterocycles. The van der Waals surface area contributed by atoms with E-state index in [-0.39, 0.29) is 0 Å². The van der Waals surface area contributed by atoms with Crippen LogP contribution in [0.2, 0.25) is 0 Å². The zero-order valence-electron chi connectivity index (χ0n) is 9.01. The minimum absolute atomic E-state index is 0.543. The van der Waals surface area contributed by atoms with Crippen LogP contribution in [0.15, 0.2) is 35.0 Å². The van der Waals surface area contributed by atoms with Gasteiger partial charge in [-0.2, -0.15) is 0 Å². The van der Waals surface area contributed by atoms with Crippen LogP contribution in [0.25, 0.3) is 17.0 Å². The molecule has 4 rings (SSSR count). The second-order valence-electron chi connectivity index (χ2n) is 4.05. The van der Waals surface area contributed by atoms with Gasteiger partial charge in [-0.25, -0.2) is 0 Å². The number of furan rings is 1. The fourth-order valence-electron chi connectivity index (χ4n) is 2.21. The van der Waals surface area contributed by atoms with Crippen molar-refractivity contribution in [2.45, 2.75) is 5.97 Å². The van der Waals surface area contributed by atoms with Crippen molar-refractivity contribution in [2.75, 3.05) is 13.2 Å². The molecule has 1 spiro atoms. The third-order valence-corrected chi connectivity index (χ3v) is 3.02. The van der Waals surface area contributed by atoms with E-state index >= 15 is 0 Å². The molecule has 4 nitrogen and oxygen atoms in total. The van der Waals surface area contributed by atoms with Gasteiger partial charge in [0, 0.05) is 11.6 Å². The van der Waals surface area contributed by atoms with Crippen molar-refractivity contribution < 1.29 is 18.6 Å². The topological polar surface area (TPSA) is 40.8 Å². The van der Waals surface area contributed by atoms with Gasteiger partial charge in [0.1, 0.15) is 11.3 Å². The summed E-state index contributed by atoms with van der Waals surface area (Å²) >= 11 is 0. The van der Waals surface area contributed by atoms with Crippen molar-refractivity contribution in [3.63, 3.8) is 0 Å². The van der Waals surface area contributed by atoms with E-state index in [4.69, 9.17) is 18.6 Å². The lowest BCUT2D eigenvalue weighted by atomic mass is 10.1. The number of hydrogen-bond acceptors (Lipinski definition) is 4. The number of benzene rings is 1. The van der Waals surface area contributed by atoms with Crippen LogP contribution in [-0.4, -0.2) is 19.2 Å². The minimum Gasteiger partial charge on any atom is -0.464 e. The van der Waals surface area contributed by atoms with Gasteiger partial charge < -0.3 is 18.6 Å². The molecule has 0 amide bonds. The first-order valence-corrected chi connectivity index (χ1v) is 5.53. The fraction of sp³-hybridized carbons (Fsp3) is 0.231. The zero-order valence-corrected chi connectivity index (χ0v) is 9.01. The maximum Gasteiger partial charge on any atom is 0.349 e. The van der Waals surface area contributed by atoms with Crippen molar-refractivity contribution >= 4 is 17.0 Å². The molecule has 0 saturated carbocycles. The molecule has 2 aliphatic rings. The van der Waals surface area contributed by atoms with Gasteiger partial charge in [-0.3, -0.25) is 0 Å². The number of hydrogen-bond donors (Lipinski definition) is 0. The summed E-state index contributed by atoms with van der Waals surface area (Å²) in [5, 5.41) is 0.935. The van der Waals surface area contributed by atoms with Crippen molar-refractivity contribution in [2.24, 2.45) is 0 Å². The molecule has 1 fully saturated rings. The molecule has 0 aliphatic carbocycles. The third-order valence-electron chi connectivity index (χ3n) is 3.02. The predicted octanol–water partition coefficient (Wildman–Crippen LogP) is 2.54. The van der Waals surface area contributed by atoms with Crippen LogP contribution in [0.4, 0.5) is 0 Å². The second-order valence-corrected chi connectivity index (χ2v) is 4.05. The quantitative estimate of drug-likeness (QED) is 0.697. The molecule has 0 bridgehead atoms. The number of fused-ring (bicyclic) bond motifs is 3. The molecule has 0 unspecified atom stereocenters. The average Bonchev–Trinajstić information content (AvgIpc) is 2.98. The fourth-order valence-corrected chi connectivity index (χ4v) is 2.21. The highest BCUT2D eigenvalue weighted by Crippen LogP contribution is 2.39. The maximum atomic E-state index is 5.86. The normalized spacial score (nSPS) is 20.7. The lowest BCUT2D eigenvalue weighted by Gasteiger charge is -2.28. The Morgan fingerprint density at radius 1 is 1.06 bits per heavy atom. The smallest absolute Gasteiger partial charge is 0.349 e. The highest BCUT2D eigenvalue weighted by molar-refractivity contribution is 5.89. The molecule has 2 aliphatic heterocycles. The Morgan fingerprint density at radius 2 is 1.94 bits per heavy atom. The maximum absolute atomic E-state index is 5.86. The van der Waals surface area contributed by atoms with Crippen LogP contribution in [0.5, 0.6) is 5.75 Å². The van der Waals surface area contributed by atoms with Crippen LogP contribution in [0.1, 0.15) is 5.56 Å². The van der Waals surface area contributed by atoms with E-state index in [9.17, 15) is 0 Å². The van der Waals surface area contributed by atoms with E-state index in [0.29, 0.717) is 13.2 Å². The molecular formula is C13H10O4. The van der Waals surface area contributed by atoms with E-state index in [0.717, 1.165) is 22.3 Å². The Balaban J connectivity index is 1.91. The first-order chi connectivity index (χ1) is 8.36. The summed E-state index contributed by atoms with van der Waals surface area (Å²) < 4.78 is 22.2. The SMILES string of the molecule is C1=CC2(OCCO2)Oc2c1ccc1occc21. The second kappa shape index (κ2) is 3.12. The monoisotopic (exact) mass is 230 g/mol. The number of ether oxygens (including phenoxy) is 3. The van der Waals surface area contributed by atoms with Gasteiger partial charge in [-0.1, -0.05) is 0 Å². The summed E-state index contributed by atoms with van der Waals surface area (Å²) in [4.78, 5) is 0. The van der Waals surface area contributed by atoms with E-state index in [1.165, 1.54) is 0 Å². The molecular weight excluding hydrogens is 220 g/mol. The molecule has 17 heavy (non-hydrogen) atoms. The van der Waals surface area contributed by atoms with E-state index in [1.54, 1.807) is 12.3 Å². The van der Waals surface area contributed by atoms with Gasteiger partial charge in [-0.15, -0.1) is 0 Å². The van der Waals surface area contributed by atoms with Crippen molar-refractivity contribution in [3.8, 4) is 5.75 Å². The predicted molar refractivity (Wildman–Crippen MR) is 60.5 cm³/mol. The van der Waals surface area contributed by atoms with E-state index in [1.807, 2.05) is 24.3 Å². The summed E-state index contributed by atoms with van der Waals surface area (Å²) in [6.07, 6.45) is 5.40. The summed E-state index contributed by atoms with van der Waals surface area (Å²) in [6, 6.07) is 5.77. The van der Waals surface area contributed by atoms with Gasteiger partial charge in [0.05, 0.1) is 24.9 Å². The zero-order chi connectivity index (χ0) is 11.3. The highest BCUT2D eigenvalue weighted by Gasteiger charge is 2.40. The molecule has 0 N–H and O–H groups in total. The molecule has 1 aromatic carbocycles. The summed E-state index contributed by atoms with van der Waals surface area (Å²) in [5.41, 5.74) is 1.80. The molecule has 1 aromatic heterocycles. The Morgan fingerprint density at radius 3 is 2.82 bits per heavy atom. The lowest BCUT2D eigenvalue weighted by Crippen LogP contribution is -2.36. The van der Waals surface area contributed by atoms with E-state index in [2.05, 4.69) is 0 Å². The molecule has 2 aromatic rings. The Labute approximate surface area is 97.4 Å². The van der Waals surface area contributed by atoms with Crippen LogP contribution in [-0.2, 0) is 9.47 Å². The molecule has 0 radical (unpaired) electrons. The summed E-state index contributed by atoms with van der Waals surface area (Å²) in [7, 11) is 0. The van der Waals surface area contributed by atoms with Gasteiger partial charge >= 0.3 is 5.97 Å². The van der Waals surface area contributed by atoms with Crippen LogP contribution >= 0.6 is 0 Å². The van der Waals surface area contributed by atoms with Crippen LogP contribution < -0.4 is 4.74 Å². The largest absolute Gasteiger partial charge is 0.464 e. The average molecular weight is 230 g/mol. The first kappa shape index (κ1) is 9.27. The minimum atomic E-state index is -1.04. The molecule has 86 valence electrons. The van der Waals surface area contributed by atoms with Gasteiger partial charge in [0.25, 0.3) is 0 Å².